The zero-order valence-electron chi connectivity index (χ0n) is 10.1. The lowest BCUT2D eigenvalue weighted by Crippen LogP contribution is -2.45. The molecule has 1 saturated heterocycles. The van der Waals surface area contributed by atoms with E-state index in [1.807, 2.05) is 0 Å². The summed E-state index contributed by atoms with van der Waals surface area (Å²) in [7, 11) is 0. The number of hydrogen-bond acceptors (Lipinski definition) is 2. The molecular weight excluding hydrogens is 218 g/mol. The van der Waals surface area contributed by atoms with Crippen LogP contribution in [0.2, 0.25) is 0 Å². The summed E-state index contributed by atoms with van der Waals surface area (Å²) < 4.78 is 0. The van der Waals surface area contributed by atoms with Crippen LogP contribution in [0.5, 0.6) is 0 Å². The van der Waals surface area contributed by atoms with Crippen molar-refractivity contribution in [3.63, 3.8) is 0 Å². The van der Waals surface area contributed by atoms with Gasteiger partial charge in [-0.05, 0) is 38.2 Å². The second-order valence-corrected chi connectivity index (χ2v) is 4.95. The van der Waals surface area contributed by atoms with E-state index in [1.54, 1.807) is 17.9 Å². The zero-order valence-corrected chi connectivity index (χ0v) is 10.1. The van der Waals surface area contributed by atoms with E-state index in [4.69, 9.17) is 0 Å². The lowest BCUT2D eigenvalue weighted by Gasteiger charge is -2.32. The summed E-state index contributed by atoms with van der Waals surface area (Å²) in [6.07, 6.45) is 8.08. The number of amides is 1. The highest BCUT2D eigenvalue weighted by Gasteiger charge is 2.46. The summed E-state index contributed by atoms with van der Waals surface area (Å²) in [5.41, 5.74) is 0. The Morgan fingerprint density at radius 2 is 2.00 bits per heavy atom. The summed E-state index contributed by atoms with van der Waals surface area (Å²) in [5.74, 6) is -0.620. The number of aliphatic carboxylic acids is 1. The fraction of sp³-hybridized carbons (Fsp3) is 0.692. The monoisotopic (exact) mass is 237 g/mol. The van der Waals surface area contributed by atoms with Crippen LogP contribution in [0.4, 0.5) is 0 Å². The molecule has 17 heavy (non-hydrogen) atoms. The number of likely N-dealkylation sites (tertiary alicyclic amines) is 1. The zero-order chi connectivity index (χ0) is 12.4. The number of carbonyl (C=O) groups excluding carboxylic acids is 1. The van der Waals surface area contributed by atoms with Crippen LogP contribution in [0.15, 0.2) is 12.2 Å². The molecule has 1 N–H and O–H groups in total. The normalized spacial score (nSPS) is 32.8. The van der Waals surface area contributed by atoms with Gasteiger partial charge >= 0.3 is 5.97 Å². The topological polar surface area (TPSA) is 57.6 Å². The largest absolute Gasteiger partial charge is 0.480 e. The van der Waals surface area contributed by atoms with E-state index in [2.05, 4.69) is 0 Å². The van der Waals surface area contributed by atoms with Crippen molar-refractivity contribution in [1.29, 1.82) is 0 Å². The Morgan fingerprint density at radius 3 is 2.65 bits per heavy atom. The Balaban J connectivity index is 2.23. The highest BCUT2D eigenvalue weighted by atomic mass is 16.4. The maximum atomic E-state index is 12.0. The highest BCUT2D eigenvalue weighted by molar-refractivity contribution is 5.92. The van der Waals surface area contributed by atoms with Crippen molar-refractivity contribution in [2.45, 2.75) is 51.1 Å². The Kier molecular flexibility index (Phi) is 3.50. The first-order valence-corrected chi connectivity index (χ1v) is 6.33. The number of carbonyl (C=O) groups is 2. The van der Waals surface area contributed by atoms with Gasteiger partial charge in [0.25, 0.3) is 0 Å². The molecule has 3 atom stereocenters. The molecular formula is C13H19NO3. The maximum absolute atomic E-state index is 12.0. The van der Waals surface area contributed by atoms with Crippen LogP contribution < -0.4 is 0 Å². The minimum Gasteiger partial charge on any atom is -0.480 e. The average molecular weight is 237 g/mol. The molecule has 0 spiro atoms. The van der Waals surface area contributed by atoms with Crippen molar-refractivity contribution in [2.24, 2.45) is 5.92 Å². The number of carboxylic acid groups (broad SMARTS) is 1. The van der Waals surface area contributed by atoms with Crippen molar-refractivity contribution < 1.29 is 14.7 Å². The summed E-state index contributed by atoms with van der Waals surface area (Å²) in [5, 5.41) is 9.23. The molecule has 3 unspecified atom stereocenters. The minimum absolute atomic E-state index is 0.144. The Morgan fingerprint density at radius 1 is 1.29 bits per heavy atom. The average Bonchev–Trinajstić information content (AvgIpc) is 2.68. The Hall–Kier alpha value is -1.32. The number of rotatable bonds is 2. The molecule has 4 heteroatoms. The van der Waals surface area contributed by atoms with Gasteiger partial charge in [-0.15, -0.1) is 0 Å². The summed E-state index contributed by atoms with van der Waals surface area (Å²) in [4.78, 5) is 24.8. The molecule has 2 aliphatic rings. The molecule has 2 rings (SSSR count). The number of nitrogens with zero attached hydrogens (tertiary/aromatic N) is 1. The van der Waals surface area contributed by atoms with E-state index in [0.717, 1.165) is 19.3 Å². The van der Waals surface area contributed by atoms with Crippen molar-refractivity contribution >= 4 is 11.9 Å². The van der Waals surface area contributed by atoms with Gasteiger partial charge in [0.1, 0.15) is 6.04 Å². The van der Waals surface area contributed by atoms with E-state index >= 15 is 0 Å². The predicted octanol–water partition coefficient (Wildman–Crippen LogP) is 1.81. The van der Waals surface area contributed by atoms with E-state index in [9.17, 15) is 14.7 Å². The molecule has 0 aromatic rings. The fourth-order valence-corrected chi connectivity index (χ4v) is 3.23. The van der Waals surface area contributed by atoms with Crippen molar-refractivity contribution in [3.8, 4) is 0 Å². The van der Waals surface area contributed by atoms with Crippen LogP contribution in [-0.4, -0.2) is 34.0 Å². The van der Waals surface area contributed by atoms with Crippen molar-refractivity contribution in [1.82, 2.24) is 4.90 Å². The maximum Gasteiger partial charge on any atom is 0.326 e. The number of allylic oxidation sites excluding steroid dienone is 1. The van der Waals surface area contributed by atoms with Gasteiger partial charge in [-0.1, -0.05) is 18.9 Å². The summed E-state index contributed by atoms with van der Waals surface area (Å²) in [6, 6.07) is -0.472. The molecule has 1 saturated carbocycles. The lowest BCUT2D eigenvalue weighted by atomic mass is 9.85. The second kappa shape index (κ2) is 4.90. The van der Waals surface area contributed by atoms with Gasteiger partial charge in [-0.2, -0.15) is 0 Å². The molecule has 94 valence electrons. The summed E-state index contributed by atoms with van der Waals surface area (Å²) in [6.45, 7) is 1.78. The minimum atomic E-state index is -0.864. The van der Waals surface area contributed by atoms with Gasteiger partial charge in [0.2, 0.25) is 5.91 Å². The second-order valence-electron chi connectivity index (χ2n) is 4.95. The number of fused-ring (bicyclic) bond motifs is 1. The van der Waals surface area contributed by atoms with Crippen LogP contribution in [0.1, 0.15) is 39.0 Å². The van der Waals surface area contributed by atoms with E-state index < -0.39 is 12.0 Å². The molecule has 1 amide bonds. The molecule has 0 aromatic heterocycles. The SMILES string of the molecule is C/C=C/C(=O)N1C(C(=O)O)CC2CCCCC21. The molecule has 1 heterocycles. The van der Waals surface area contributed by atoms with Gasteiger partial charge in [-0.25, -0.2) is 4.79 Å². The van der Waals surface area contributed by atoms with Crippen LogP contribution in [0, 0.1) is 5.92 Å². The van der Waals surface area contributed by atoms with Gasteiger partial charge in [-0.3, -0.25) is 4.79 Å². The molecule has 2 fully saturated rings. The molecule has 0 aromatic carbocycles. The van der Waals surface area contributed by atoms with E-state index in [0.29, 0.717) is 12.3 Å². The smallest absolute Gasteiger partial charge is 0.326 e. The summed E-state index contributed by atoms with van der Waals surface area (Å²) >= 11 is 0. The van der Waals surface area contributed by atoms with E-state index in [-0.39, 0.29) is 11.9 Å². The first-order valence-electron chi connectivity index (χ1n) is 6.33. The van der Waals surface area contributed by atoms with Crippen molar-refractivity contribution in [3.05, 3.63) is 12.2 Å². The van der Waals surface area contributed by atoms with Crippen LogP contribution >= 0.6 is 0 Å². The van der Waals surface area contributed by atoms with Crippen LogP contribution in [0.3, 0.4) is 0 Å². The quantitative estimate of drug-likeness (QED) is 0.745. The fourth-order valence-electron chi connectivity index (χ4n) is 3.23. The molecule has 1 aliphatic carbocycles. The van der Waals surface area contributed by atoms with Gasteiger partial charge < -0.3 is 10.0 Å². The third-order valence-corrected chi connectivity index (χ3v) is 3.94. The van der Waals surface area contributed by atoms with Crippen LogP contribution in [-0.2, 0) is 9.59 Å². The molecule has 1 aliphatic heterocycles. The predicted molar refractivity (Wildman–Crippen MR) is 63.4 cm³/mol. The van der Waals surface area contributed by atoms with Crippen LogP contribution in [0.25, 0.3) is 0 Å². The Labute approximate surface area is 101 Å². The molecule has 0 bridgehead atoms. The lowest BCUT2D eigenvalue weighted by molar-refractivity contribution is -0.147. The Bertz CT molecular complexity index is 351. The third-order valence-electron chi connectivity index (χ3n) is 3.94. The first kappa shape index (κ1) is 12.1. The first-order chi connectivity index (χ1) is 8.15. The van der Waals surface area contributed by atoms with Gasteiger partial charge in [0, 0.05) is 6.04 Å². The van der Waals surface area contributed by atoms with Gasteiger partial charge in [0.15, 0.2) is 0 Å². The molecule has 0 radical (unpaired) electrons. The van der Waals surface area contributed by atoms with E-state index in [1.165, 1.54) is 12.5 Å². The number of carboxylic acids is 1. The molecule has 4 nitrogen and oxygen atoms in total. The number of hydrogen-bond donors (Lipinski definition) is 1. The highest BCUT2D eigenvalue weighted by Crippen LogP contribution is 2.39. The standard InChI is InChI=1S/C13H19NO3/c1-2-5-12(15)14-10-7-4-3-6-9(10)8-11(14)13(16)17/h2,5,9-11H,3-4,6-8H2,1H3,(H,16,17)/b5-2+. The van der Waals surface area contributed by atoms with Gasteiger partial charge in [0.05, 0.1) is 0 Å². The third kappa shape index (κ3) is 2.21. The van der Waals surface area contributed by atoms with Crippen molar-refractivity contribution in [2.75, 3.05) is 0 Å².